The Morgan fingerprint density at radius 1 is 1.28 bits per heavy atom. The van der Waals surface area contributed by atoms with Gasteiger partial charge in [0, 0.05) is 12.6 Å². The van der Waals surface area contributed by atoms with Crippen LogP contribution in [0.25, 0.3) is 0 Å². The minimum Gasteiger partial charge on any atom is -0.329 e. The molecule has 1 aliphatic carbocycles. The van der Waals surface area contributed by atoms with Crippen molar-refractivity contribution in [3.63, 3.8) is 0 Å². The van der Waals surface area contributed by atoms with E-state index < -0.39 is 10.0 Å². The second-order valence-electron chi connectivity index (χ2n) is 5.12. The second-order valence-corrected chi connectivity index (χ2v) is 6.84. The molecule has 0 saturated heterocycles. The van der Waals surface area contributed by atoms with Crippen LogP contribution in [-0.4, -0.2) is 21.0 Å². The first-order chi connectivity index (χ1) is 8.42. The van der Waals surface area contributed by atoms with Crippen LogP contribution in [0.3, 0.4) is 0 Å². The molecule has 0 bridgehead atoms. The molecule has 4 nitrogen and oxygen atoms in total. The van der Waals surface area contributed by atoms with Crippen molar-refractivity contribution >= 4 is 10.0 Å². The highest BCUT2D eigenvalue weighted by atomic mass is 32.2. The molecular weight excluding hydrogens is 248 g/mol. The van der Waals surface area contributed by atoms with Gasteiger partial charge in [-0.25, -0.2) is 13.1 Å². The van der Waals surface area contributed by atoms with Crippen LogP contribution in [0, 0.1) is 19.8 Å². The van der Waals surface area contributed by atoms with Crippen molar-refractivity contribution in [2.45, 2.75) is 37.6 Å². The minimum absolute atomic E-state index is 0.129. The minimum atomic E-state index is -3.45. The monoisotopic (exact) mass is 268 g/mol. The summed E-state index contributed by atoms with van der Waals surface area (Å²) >= 11 is 0. The lowest BCUT2D eigenvalue weighted by atomic mass is 10.2. The maximum absolute atomic E-state index is 12.3. The van der Waals surface area contributed by atoms with Crippen LogP contribution in [0.2, 0.25) is 0 Å². The zero-order valence-corrected chi connectivity index (χ0v) is 11.6. The quantitative estimate of drug-likeness (QED) is 0.846. The molecule has 0 radical (unpaired) electrons. The Hall–Kier alpha value is -0.910. The molecule has 1 saturated carbocycles. The molecule has 1 aromatic carbocycles. The molecule has 100 valence electrons. The van der Waals surface area contributed by atoms with E-state index in [1.807, 2.05) is 19.9 Å². The number of nitrogens with two attached hydrogens (primary N) is 1. The third kappa shape index (κ3) is 3.10. The van der Waals surface area contributed by atoms with Crippen molar-refractivity contribution in [3.8, 4) is 0 Å². The highest BCUT2D eigenvalue weighted by Crippen LogP contribution is 2.32. The van der Waals surface area contributed by atoms with E-state index >= 15 is 0 Å². The maximum atomic E-state index is 12.3. The van der Waals surface area contributed by atoms with E-state index in [1.54, 1.807) is 12.1 Å². The van der Waals surface area contributed by atoms with Crippen molar-refractivity contribution < 1.29 is 8.42 Å². The van der Waals surface area contributed by atoms with Gasteiger partial charge in [0.25, 0.3) is 0 Å². The van der Waals surface area contributed by atoms with Crippen LogP contribution in [-0.2, 0) is 10.0 Å². The van der Waals surface area contributed by atoms with Gasteiger partial charge in [0.05, 0.1) is 4.90 Å². The number of hydrogen-bond donors (Lipinski definition) is 2. The van der Waals surface area contributed by atoms with Gasteiger partial charge in [-0.3, -0.25) is 0 Å². The van der Waals surface area contributed by atoms with Crippen molar-refractivity contribution in [3.05, 3.63) is 29.3 Å². The summed E-state index contributed by atoms with van der Waals surface area (Å²) in [6.45, 7) is 4.15. The van der Waals surface area contributed by atoms with E-state index in [9.17, 15) is 8.42 Å². The van der Waals surface area contributed by atoms with E-state index in [1.165, 1.54) is 0 Å². The van der Waals surface area contributed by atoms with E-state index in [0.717, 1.165) is 24.0 Å². The SMILES string of the molecule is Cc1cc(C)cc(S(=O)(=O)NC(CN)C2CC2)c1. The molecular formula is C13H20N2O2S. The fourth-order valence-corrected chi connectivity index (χ4v) is 3.70. The molecule has 0 amide bonds. The molecule has 1 aromatic rings. The van der Waals surface area contributed by atoms with Gasteiger partial charge in [0.1, 0.15) is 0 Å². The average molecular weight is 268 g/mol. The van der Waals surface area contributed by atoms with Crippen LogP contribution in [0.4, 0.5) is 0 Å². The van der Waals surface area contributed by atoms with E-state index in [-0.39, 0.29) is 6.04 Å². The Bertz CT molecular complexity index is 516. The zero-order valence-electron chi connectivity index (χ0n) is 10.8. The number of benzene rings is 1. The molecule has 5 heteroatoms. The van der Waals surface area contributed by atoms with Gasteiger partial charge < -0.3 is 5.73 Å². The van der Waals surface area contributed by atoms with Crippen LogP contribution >= 0.6 is 0 Å². The second kappa shape index (κ2) is 4.99. The highest BCUT2D eigenvalue weighted by Gasteiger charge is 2.33. The van der Waals surface area contributed by atoms with Crippen molar-refractivity contribution in [2.24, 2.45) is 11.7 Å². The number of nitrogens with one attached hydrogen (secondary N) is 1. The lowest BCUT2D eigenvalue weighted by molar-refractivity contribution is 0.519. The zero-order chi connectivity index (χ0) is 13.3. The summed E-state index contributed by atoms with van der Waals surface area (Å²) in [6, 6.07) is 5.21. The molecule has 0 spiro atoms. The maximum Gasteiger partial charge on any atom is 0.240 e. The first-order valence-electron chi connectivity index (χ1n) is 6.23. The Kier molecular flexibility index (Phi) is 3.75. The van der Waals surface area contributed by atoms with Gasteiger partial charge in [0.15, 0.2) is 0 Å². The summed E-state index contributed by atoms with van der Waals surface area (Å²) in [6.07, 6.45) is 2.13. The predicted molar refractivity (Wildman–Crippen MR) is 71.8 cm³/mol. The average Bonchev–Trinajstić information content (AvgIpc) is 3.08. The highest BCUT2D eigenvalue weighted by molar-refractivity contribution is 7.89. The lowest BCUT2D eigenvalue weighted by Crippen LogP contribution is -2.41. The van der Waals surface area contributed by atoms with E-state index in [4.69, 9.17) is 5.73 Å². The Morgan fingerprint density at radius 3 is 2.28 bits per heavy atom. The topological polar surface area (TPSA) is 72.2 Å². The summed E-state index contributed by atoms with van der Waals surface area (Å²) in [5.41, 5.74) is 7.53. The Labute approximate surface area is 109 Å². The fraction of sp³-hybridized carbons (Fsp3) is 0.538. The van der Waals surface area contributed by atoms with Gasteiger partial charge in [0.2, 0.25) is 10.0 Å². The van der Waals surface area contributed by atoms with E-state index in [2.05, 4.69) is 4.72 Å². The normalized spacial score (nSPS) is 17.7. The fourth-order valence-electron chi connectivity index (χ4n) is 2.19. The predicted octanol–water partition coefficient (Wildman–Crippen LogP) is 1.32. The van der Waals surface area contributed by atoms with Crippen LogP contribution < -0.4 is 10.5 Å². The molecule has 1 unspecified atom stereocenters. The lowest BCUT2D eigenvalue weighted by Gasteiger charge is -2.16. The third-order valence-electron chi connectivity index (χ3n) is 3.26. The largest absolute Gasteiger partial charge is 0.329 e. The summed E-state index contributed by atoms with van der Waals surface area (Å²) in [5, 5.41) is 0. The first-order valence-corrected chi connectivity index (χ1v) is 7.71. The summed E-state index contributed by atoms with van der Waals surface area (Å²) < 4.78 is 27.3. The van der Waals surface area contributed by atoms with Gasteiger partial charge in [-0.05, 0) is 55.9 Å². The van der Waals surface area contributed by atoms with Crippen molar-refractivity contribution in [1.29, 1.82) is 0 Å². The summed E-state index contributed by atoms with van der Waals surface area (Å²) in [7, 11) is -3.45. The molecule has 18 heavy (non-hydrogen) atoms. The third-order valence-corrected chi connectivity index (χ3v) is 4.73. The van der Waals surface area contributed by atoms with Gasteiger partial charge in [-0.2, -0.15) is 0 Å². The summed E-state index contributed by atoms with van der Waals surface area (Å²) in [5.74, 6) is 0.413. The van der Waals surface area contributed by atoms with Crippen molar-refractivity contribution in [1.82, 2.24) is 4.72 Å². The van der Waals surface area contributed by atoms with Crippen molar-refractivity contribution in [2.75, 3.05) is 6.54 Å². The molecule has 3 N–H and O–H groups in total. The van der Waals surface area contributed by atoms with Crippen LogP contribution in [0.1, 0.15) is 24.0 Å². The first kappa shape index (κ1) is 13.5. The number of rotatable bonds is 5. The number of sulfonamides is 1. The van der Waals surface area contributed by atoms with Gasteiger partial charge >= 0.3 is 0 Å². The number of aryl methyl sites for hydroxylation is 2. The molecule has 2 rings (SSSR count). The van der Waals surface area contributed by atoms with Crippen LogP contribution in [0.15, 0.2) is 23.1 Å². The molecule has 1 fully saturated rings. The Balaban J connectivity index is 2.23. The molecule has 1 aliphatic rings. The van der Waals surface area contributed by atoms with Gasteiger partial charge in [-0.1, -0.05) is 6.07 Å². The standard InChI is InChI=1S/C13H20N2O2S/c1-9-5-10(2)7-12(6-9)18(16,17)15-13(8-14)11-3-4-11/h5-7,11,13,15H,3-4,8,14H2,1-2H3. The molecule has 0 aromatic heterocycles. The van der Waals surface area contributed by atoms with Gasteiger partial charge in [-0.15, -0.1) is 0 Å². The smallest absolute Gasteiger partial charge is 0.240 e. The Morgan fingerprint density at radius 2 is 1.83 bits per heavy atom. The van der Waals surface area contributed by atoms with Crippen LogP contribution in [0.5, 0.6) is 0 Å². The summed E-state index contributed by atoms with van der Waals surface area (Å²) in [4.78, 5) is 0.332. The number of hydrogen-bond acceptors (Lipinski definition) is 3. The molecule has 0 heterocycles. The molecule has 0 aliphatic heterocycles. The van der Waals surface area contributed by atoms with E-state index in [0.29, 0.717) is 17.4 Å². The molecule has 1 atom stereocenters.